The summed E-state index contributed by atoms with van der Waals surface area (Å²) >= 11 is 0. The van der Waals surface area contributed by atoms with Gasteiger partial charge in [-0.1, -0.05) is 18.2 Å². The Morgan fingerprint density at radius 3 is 2.73 bits per heavy atom. The zero-order valence-corrected chi connectivity index (χ0v) is 12.8. The van der Waals surface area contributed by atoms with E-state index in [1.54, 1.807) is 31.2 Å². The van der Waals surface area contributed by atoms with E-state index in [0.29, 0.717) is 17.4 Å². The average Bonchev–Trinajstić information content (AvgIpc) is 2.71. The molecule has 3 rings (SSSR count). The smallest absolute Gasteiger partial charge is 0.349 e. The number of fused-ring (bicyclic) bond motifs is 1. The minimum Gasteiger partial charge on any atom is -0.422 e. The number of amides is 1. The van der Waals surface area contributed by atoms with E-state index in [1.807, 2.05) is 0 Å². The lowest BCUT2D eigenvalue weighted by atomic mass is 10.0. The highest BCUT2D eigenvalue weighted by Crippen LogP contribution is 2.23. The molecule has 22 heavy (non-hydrogen) atoms. The Morgan fingerprint density at radius 2 is 2.05 bits per heavy atom. The van der Waals surface area contributed by atoms with Gasteiger partial charge in [0.25, 0.3) is 5.91 Å². The van der Waals surface area contributed by atoms with Crippen LogP contribution in [-0.4, -0.2) is 31.4 Å². The lowest BCUT2D eigenvalue weighted by Crippen LogP contribution is -2.47. The normalized spacial score (nSPS) is 23.5. The van der Waals surface area contributed by atoms with Crippen LogP contribution in [0.5, 0.6) is 0 Å². The molecule has 6 nitrogen and oxygen atoms in total. The Hall–Kier alpha value is -2.15. The standard InChI is InChI=1S/C15H15NO5S/c1-15(6-7-22(19,20)9-15)16-13(17)11-8-10-4-2-3-5-12(10)21-14(11)18/h2-5,8H,6-7,9H2,1H3,(H,16,17)/t15-/m1/s1. The molecule has 0 saturated carbocycles. The number of carbonyl (C=O) groups is 1. The molecule has 1 amide bonds. The van der Waals surface area contributed by atoms with Gasteiger partial charge < -0.3 is 9.73 Å². The van der Waals surface area contributed by atoms with Gasteiger partial charge in [-0.2, -0.15) is 0 Å². The zero-order chi connectivity index (χ0) is 16.0. The molecule has 1 aromatic carbocycles. The van der Waals surface area contributed by atoms with Crippen molar-refractivity contribution < 1.29 is 17.6 Å². The van der Waals surface area contributed by atoms with E-state index >= 15 is 0 Å². The Labute approximate surface area is 127 Å². The SMILES string of the molecule is C[C@@]1(NC(=O)c2cc3ccccc3oc2=O)CCS(=O)(=O)C1. The van der Waals surface area contributed by atoms with E-state index in [4.69, 9.17) is 4.42 Å². The number of benzene rings is 1. The molecule has 1 aliphatic heterocycles. The van der Waals surface area contributed by atoms with Crippen molar-refractivity contribution >= 4 is 26.7 Å². The van der Waals surface area contributed by atoms with Gasteiger partial charge in [-0.05, 0) is 25.5 Å². The summed E-state index contributed by atoms with van der Waals surface area (Å²) in [7, 11) is -3.14. The molecule has 1 atom stereocenters. The molecular formula is C15H15NO5S. The molecule has 1 saturated heterocycles. The van der Waals surface area contributed by atoms with Gasteiger partial charge in [-0.15, -0.1) is 0 Å². The number of carbonyl (C=O) groups excluding carboxylic acids is 1. The topological polar surface area (TPSA) is 93.4 Å². The van der Waals surface area contributed by atoms with Crippen molar-refractivity contribution in [3.63, 3.8) is 0 Å². The van der Waals surface area contributed by atoms with Crippen molar-refractivity contribution in [3.05, 3.63) is 46.3 Å². The third-order valence-electron chi connectivity index (χ3n) is 3.80. The van der Waals surface area contributed by atoms with Crippen molar-refractivity contribution in [1.29, 1.82) is 0 Å². The van der Waals surface area contributed by atoms with E-state index in [-0.39, 0.29) is 17.1 Å². The molecule has 2 aromatic rings. The zero-order valence-electron chi connectivity index (χ0n) is 12.0. The Kier molecular flexibility index (Phi) is 3.32. The Bertz CT molecular complexity index is 915. The van der Waals surface area contributed by atoms with Gasteiger partial charge in [0.1, 0.15) is 11.1 Å². The lowest BCUT2D eigenvalue weighted by molar-refractivity contribution is 0.0912. The molecule has 2 heterocycles. The summed E-state index contributed by atoms with van der Waals surface area (Å²) in [6.07, 6.45) is 0.333. The van der Waals surface area contributed by atoms with Crippen LogP contribution in [0.3, 0.4) is 0 Å². The van der Waals surface area contributed by atoms with E-state index in [1.165, 1.54) is 6.07 Å². The molecule has 0 aliphatic carbocycles. The molecular weight excluding hydrogens is 306 g/mol. The molecule has 0 unspecified atom stereocenters. The summed E-state index contributed by atoms with van der Waals surface area (Å²) in [6, 6.07) is 8.34. The monoisotopic (exact) mass is 321 g/mol. The fraction of sp³-hybridized carbons (Fsp3) is 0.333. The van der Waals surface area contributed by atoms with Crippen LogP contribution in [0.25, 0.3) is 11.0 Å². The van der Waals surface area contributed by atoms with Crippen LogP contribution in [0.15, 0.2) is 39.5 Å². The van der Waals surface area contributed by atoms with Crippen LogP contribution >= 0.6 is 0 Å². The quantitative estimate of drug-likeness (QED) is 0.836. The molecule has 1 aromatic heterocycles. The van der Waals surface area contributed by atoms with Gasteiger partial charge in [0.15, 0.2) is 9.84 Å². The van der Waals surface area contributed by atoms with Crippen LogP contribution in [-0.2, 0) is 9.84 Å². The van der Waals surface area contributed by atoms with Gasteiger partial charge in [-0.25, -0.2) is 13.2 Å². The summed E-state index contributed by atoms with van der Waals surface area (Å²) < 4.78 is 28.3. The van der Waals surface area contributed by atoms with Gasteiger partial charge in [0.2, 0.25) is 0 Å². The molecule has 7 heteroatoms. The number of para-hydroxylation sites is 1. The van der Waals surface area contributed by atoms with Gasteiger partial charge >= 0.3 is 5.63 Å². The third-order valence-corrected chi connectivity index (χ3v) is 5.71. The predicted octanol–water partition coefficient (Wildman–Crippen LogP) is 1.10. The van der Waals surface area contributed by atoms with Gasteiger partial charge in [0, 0.05) is 5.39 Å². The maximum Gasteiger partial charge on any atom is 0.349 e. The first-order valence-corrected chi connectivity index (χ1v) is 8.66. The third kappa shape index (κ3) is 2.76. The summed E-state index contributed by atoms with van der Waals surface area (Å²) in [5.74, 6) is -0.695. The Morgan fingerprint density at radius 1 is 1.32 bits per heavy atom. The number of nitrogens with one attached hydrogen (secondary N) is 1. The van der Waals surface area contributed by atoms with Crippen molar-refractivity contribution in [3.8, 4) is 0 Å². The molecule has 116 valence electrons. The van der Waals surface area contributed by atoms with Crippen molar-refractivity contribution in [2.75, 3.05) is 11.5 Å². The first kappa shape index (κ1) is 14.8. The maximum atomic E-state index is 12.3. The molecule has 0 radical (unpaired) electrons. The highest BCUT2D eigenvalue weighted by atomic mass is 32.2. The van der Waals surface area contributed by atoms with E-state index in [0.717, 1.165) is 0 Å². The second-order valence-electron chi connectivity index (χ2n) is 5.84. The second kappa shape index (κ2) is 4.95. The largest absolute Gasteiger partial charge is 0.422 e. The van der Waals surface area contributed by atoms with Crippen LogP contribution in [0.1, 0.15) is 23.7 Å². The van der Waals surface area contributed by atoms with Gasteiger partial charge in [-0.3, -0.25) is 4.79 Å². The number of hydrogen-bond acceptors (Lipinski definition) is 5. The van der Waals surface area contributed by atoms with Gasteiger partial charge in [0.05, 0.1) is 17.0 Å². The first-order valence-electron chi connectivity index (χ1n) is 6.84. The summed E-state index contributed by atoms with van der Waals surface area (Å²) in [5, 5.41) is 3.29. The fourth-order valence-electron chi connectivity index (χ4n) is 2.67. The van der Waals surface area contributed by atoms with Crippen LogP contribution in [0.4, 0.5) is 0 Å². The van der Waals surface area contributed by atoms with E-state index in [9.17, 15) is 18.0 Å². The molecule has 1 fully saturated rings. The fourth-order valence-corrected chi connectivity index (χ4v) is 4.76. The summed E-state index contributed by atoms with van der Waals surface area (Å²) in [4.78, 5) is 24.2. The second-order valence-corrected chi connectivity index (χ2v) is 8.03. The lowest BCUT2D eigenvalue weighted by Gasteiger charge is -2.23. The highest BCUT2D eigenvalue weighted by molar-refractivity contribution is 7.91. The number of hydrogen-bond donors (Lipinski definition) is 1. The van der Waals surface area contributed by atoms with E-state index < -0.39 is 26.9 Å². The van der Waals surface area contributed by atoms with Crippen LogP contribution in [0.2, 0.25) is 0 Å². The van der Waals surface area contributed by atoms with Crippen molar-refractivity contribution in [2.24, 2.45) is 0 Å². The van der Waals surface area contributed by atoms with Crippen LogP contribution < -0.4 is 10.9 Å². The summed E-state index contributed by atoms with van der Waals surface area (Å²) in [6.45, 7) is 1.66. The van der Waals surface area contributed by atoms with Crippen LogP contribution in [0, 0.1) is 0 Å². The minimum absolute atomic E-state index is 0.0378. The minimum atomic E-state index is -3.14. The molecule has 1 aliphatic rings. The maximum absolute atomic E-state index is 12.3. The van der Waals surface area contributed by atoms with Crippen molar-refractivity contribution in [1.82, 2.24) is 5.32 Å². The average molecular weight is 321 g/mol. The summed E-state index contributed by atoms with van der Waals surface area (Å²) in [5.41, 5.74) is -1.31. The molecule has 0 bridgehead atoms. The Balaban J connectivity index is 1.93. The number of sulfone groups is 1. The predicted molar refractivity (Wildman–Crippen MR) is 81.6 cm³/mol. The molecule has 1 N–H and O–H groups in total. The first-order chi connectivity index (χ1) is 10.3. The molecule has 0 spiro atoms. The van der Waals surface area contributed by atoms with E-state index in [2.05, 4.69) is 5.32 Å². The number of rotatable bonds is 2. The highest BCUT2D eigenvalue weighted by Gasteiger charge is 2.39. The van der Waals surface area contributed by atoms with Crippen molar-refractivity contribution in [2.45, 2.75) is 18.9 Å².